The molecule has 10 heteroatoms. The normalized spacial score (nSPS) is 11.6. The van der Waals surface area contributed by atoms with Crippen molar-refractivity contribution in [3.05, 3.63) is 32.2 Å². The molecule has 2 aromatic rings. The number of carbonyl (C=O) groups is 1. The van der Waals surface area contributed by atoms with Crippen molar-refractivity contribution in [1.29, 1.82) is 0 Å². The second-order valence-corrected chi connectivity index (χ2v) is 8.37. The SMILES string of the molecule is Cc1nc(-c2c(C)c(C)nn(C)c2=O)sc1C(=O)N(C)CCC(N)C(C)C.Cl.Cl. The van der Waals surface area contributed by atoms with Gasteiger partial charge in [0, 0.05) is 26.7 Å². The van der Waals surface area contributed by atoms with Crippen LogP contribution in [0.25, 0.3) is 10.6 Å². The van der Waals surface area contributed by atoms with Crippen LogP contribution in [-0.4, -0.2) is 45.2 Å². The lowest BCUT2D eigenvalue weighted by Gasteiger charge is -2.21. The van der Waals surface area contributed by atoms with E-state index in [1.807, 2.05) is 13.8 Å². The van der Waals surface area contributed by atoms with Crippen molar-refractivity contribution < 1.29 is 4.79 Å². The van der Waals surface area contributed by atoms with Crippen molar-refractivity contribution in [1.82, 2.24) is 19.7 Å². The van der Waals surface area contributed by atoms with E-state index in [9.17, 15) is 9.59 Å². The number of nitrogens with zero attached hydrogens (tertiary/aromatic N) is 4. The summed E-state index contributed by atoms with van der Waals surface area (Å²) in [6, 6.07) is 0.0591. The summed E-state index contributed by atoms with van der Waals surface area (Å²) in [6.45, 7) is 10.2. The summed E-state index contributed by atoms with van der Waals surface area (Å²) in [6.07, 6.45) is 0.744. The fourth-order valence-corrected chi connectivity index (χ4v) is 3.91. The Kier molecular flexibility index (Phi) is 10.5. The molecule has 0 aliphatic carbocycles. The number of halogens is 2. The molecule has 29 heavy (non-hydrogen) atoms. The molecule has 0 saturated heterocycles. The second-order valence-electron chi connectivity index (χ2n) is 7.37. The molecule has 0 spiro atoms. The number of carbonyl (C=O) groups excluding carboxylic acids is 1. The molecule has 1 unspecified atom stereocenters. The average molecular weight is 464 g/mol. The van der Waals surface area contributed by atoms with Gasteiger partial charge in [-0.2, -0.15) is 5.10 Å². The standard InChI is InChI=1S/C19H29N5O2S.2ClH/c1-10(2)14(20)8-9-23(6)19(26)16-13(5)21-17(27-16)15-11(3)12(4)22-24(7)18(15)25;;/h10,14H,8-9,20H2,1-7H3;2*1H. The molecular formula is C19H31Cl2N5O2S. The molecule has 2 heterocycles. The first kappa shape index (κ1) is 27.5. The highest BCUT2D eigenvalue weighted by Crippen LogP contribution is 2.29. The molecule has 0 radical (unpaired) electrons. The highest BCUT2D eigenvalue weighted by atomic mass is 35.5. The van der Waals surface area contributed by atoms with E-state index < -0.39 is 0 Å². The molecule has 0 aliphatic heterocycles. The molecule has 1 amide bonds. The molecule has 0 fully saturated rings. The Hall–Kier alpha value is -1.48. The number of aromatic nitrogens is 3. The summed E-state index contributed by atoms with van der Waals surface area (Å²) in [5, 5.41) is 4.76. The molecule has 7 nitrogen and oxygen atoms in total. The lowest BCUT2D eigenvalue weighted by Crippen LogP contribution is -2.34. The van der Waals surface area contributed by atoms with Crippen LogP contribution in [0.5, 0.6) is 0 Å². The van der Waals surface area contributed by atoms with Crippen molar-refractivity contribution in [2.75, 3.05) is 13.6 Å². The molecule has 164 valence electrons. The van der Waals surface area contributed by atoms with Crippen LogP contribution in [-0.2, 0) is 7.05 Å². The first-order valence-corrected chi connectivity index (χ1v) is 9.89. The fraction of sp³-hybridized carbons (Fsp3) is 0.579. The van der Waals surface area contributed by atoms with Crippen LogP contribution >= 0.6 is 36.2 Å². The minimum absolute atomic E-state index is 0. The summed E-state index contributed by atoms with van der Waals surface area (Å²) in [5.41, 5.74) is 8.59. The Morgan fingerprint density at radius 1 is 1.21 bits per heavy atom. The number of thiazole rings is 1. The Morgan fingerprint density at radius 2 is 1.79 bits per heavy atom. The van der Waals surface area contributed by atoms with Gasteiger partial charge in [0.05, 0.1) is 17.0 Å². The molecule has 0 bridgehead atoms. The lowest BCUT2D eigenvalue weighted by molar-refractivity contribution is 0.0793. The third kappa shape index (κ3) is 6.01. The Balaban J connectivity index is 0.00000392. The molecule has 2 rings (SSSR count). The number of rotatable bonds is 6. The predicted molar refractivity (Wildman–Crippen MR) is 124 cm³/mol. The number of aryl methyl sites for hydroxylation is 3. The largest absolute Gasteiger partial charge is 0.341 e. The predicted octanol–water partition coefficient (Wildman–Crippen LogP) is 3.12. The molecule has 0 aromatic carbocycles. The number of hydrogen-bond donors (Lipinski definition) is 1. The topological polar surface area (TPSA) is 94.1 Å². The number of hydrogen-bond acceptors (Lipinski definition) is 6. The van der Waals surface area contributed by atoms with E-state index in [0.29, 0.717) is 33.6 Å². The summed E-state index contributed by atoms with van der Waals surface area (Å²) in [4.78, 5) is 32.2. The monoisotopic (exact) mass is 463 g/mol. The zero-order chi connectivity index (χ0) is 20.5. The van der Waals surface area contributed by atoms with E-state index in [1.165, 1.54) is 16.0 Å². The molecule has 0 saturated carbocycles. The maximum absolute atomic E-state index is 12.9. The second kappa shape index (κ2) is 11.1. The fourth-order valence-electron chi connectivity index (χ4n) is 2.75. The molecular weight excluding hydrogens is 433 g/mol. The quantitative estimate of drug-likeness (QED) is 0.709. The van der Waals surface area contributed by atoms with Gasteiger partial charge in [0.25, 0.3) is 11.5 Å². The van der Waals surface area contributed by atoms with Crippen LogP contribution in [0.15, 0.2) is 4.79 Å². The van der Waals surface area contributed by atoms with E-state index in [-0.39, 0.29) is 42.3 Å². The zero-order valence-corrected chi connectivity index (χ0v) is 20.4. The molecule has 2 aromatic heterocycles. The van der Waals surface area contributed by atoms with Crippen molar-refractivity contribution >= 4 is 42.1 Å². The smallest absolute Gasteiger partial charge is 0.277 e. The highest BCUT2D eigenvalue weighted by molar-refractivity contribution is 7.17. The first-order chi connectivity index (χ1) is 12.5. The zero-order valence-electron chi connectivity index (χ0n) is 18.0. The average Bonchev–Trinajstić information content (AvgIpc) is 2.98. The molecule has 0 aliphatic rings. The van der Waals surface area contributed by atoms with Crippen LogP contribution in [0.1, 0.15) is 46.9 Å². The Labute approximate surface area is 188 Å². The van der Waals surface area contributed by atoms with Gasteiger partial charge in [-0.1, -0.05) is 13.8 Å². The van der Waals surface area contributed by atoms with Crippen molar-refractivity contribution in [2.24, 2.45) is 18.7 Å². The number of nitrogens with two attached hydrogens (primary N) is 1. The summed E-state index contributed by atoms with van der Waals surface area (Å²) < 4.78 is 1.31. The minimum Gasteiger partial charge on any atom is -0.341 e. The van der Waals surface area contributed by atoms with Gasteiger partial charge in [-0.05, 0) is 38.7 Å². The van der Waals surface area contributed by atoms with E-state index in [1.54, 1.807) is 25.9 Å². The van der Waals surface area contributed by atoms with Gasteiger partial charge in [-0.25, -0.2) is 9.67 Å². The van der Waals surface area contributed by atoms with E-state index in [2.05, 4.69) is 23.9 Å². The summed E-state index contributed by atoms with van der Waals surface area (Å²) in [5.74, 6) is 0.284. The van der Waals surface area contributed by atoms with Gasteiger partial charge >= 0.3 is 0 Å². The van der Waals surface area contributed by atoms with Gasteiger partial charge in [-0.3, -0.25) is 9.59 Å². The van der Waals surface area contributed by atoms with Crippen LogP contribution in [0, 0.1) is 26.7 Å². The van der Waals surface area contributed by atoms with Gasteiger partial charge < -0.3 is 10.6 Å². The molecule has 1 atom stereocenters. The Morgan fingerprint density at radius 3 is 2.34 bits per heavy atom. The van der Waals surface area contributed by atoms with Crippen LogP contribution in [0.3, 0.4) is 0 Å². The van der Waals surface area contributed by atoms with Crippen molar-refractivity contribution in [2.45, 2.75) is 47.1 Å². The third-order valence-electron chi connectivity index (χ3n) is 4.93. The summed E-state index contributed by atoms with van der Waals surface area (Å²) >= 11 is 1.26. The minimum atomic E-state index is -0.206. The summed E-state index contributed by atoms with van der Waals surface area (Å²) in [7, 11) is 3.39. The van der Waals surface area contributed by atoms with Crippen LogP contribution in [0.4, 0.5) is 0 Å². The lowest BCUT2D eigenvalue weighted by atomic mass is 10.0. The van der Waals surface area contributed by atoms with E-state index >= 15 is 0 Å². The maximum Gasteiger partial charge on any atom is 0.277 e. The van der Waals surface area contributed by atoms with Crippen molar-refractivity contribution in [3.8, 4) is 10.6 Å². The van der Waals surface area contributed by atoms with Crippen LogP contribution in [0.2, 0.25) is 0 Å². The highest BCUT2D eigenvalue weighted by Gasteiger charge is 2.23. The van der Waals surface area contributed by atoms with Gasteiger partial charge in [0.1, 0.15) is 9.88 Å². The third-order valence-corrected chi connectivity index (χ3v) is 6.09. The van der Waals surface area contributed by atoms with E-state index in [4.69, 9.17) is 5.73 Å². The van der Waals surface area contributed by atoms with Gasteiger partial charge in [-0.15, -0.1) is 36.2 Å². The first-order valence-electron chi connectivity index (χ1n) is 9.07. The number of amides is 1. The Bertz CT molecular complexity index is 911. The maximum atomic E-state index is 12.9. The van der Waals surface area contributed by atoms with Gasteiger partial charge in [0.15, 0.2) is 0 Å². The van der Waals surface area contributed by atoms with Gasteiger partial charge in [0.2, 0.25) is 0 Å². The van der Waals surface area contributed by atoms with E-state index in [0.717, 1.165) is 17.7 Å². The molecule has 2 N–H and O–H groups in total. The van der Waals surface area contributed by atoms with Crippen molar-refractivity contribution in [3.63, 3.8) is 0 Å². The van der Waals surface area contributed by atoms with Crippen LogP contribution < -0.4 is 11.3 Å².